The maximum absolute atomic E-state index is 13.1. The van der Waals surface area contributed by atoms with Crippen molar-refractivity contribution >= 4 is 0 Å². The van der Waals surface area contributed by atoms with Gasteiger partial charge in [-0.05, 0) is 62.0 Å². The summed E-state index contributed by atoms with van der Waals surface area (Å²) in [6.07, 6.45) is -7.23. The summed E-state index contributed by atoms with van der Waals surface area (Å²) in [5.41, 5.74) is 1.25. The number of hydrogen-bond acceptors (Lipinski definition) is 3. The van der Waals surface area contributed by atoms with Crippen molar-refractivity contribution in [3.8, 4) is 0 Å². The summed E-state index contributed by atoms with van der Waals surface area (Å²) >= 11 is 0. The van der Waals surface area contributed by atoms with Gasteiger partial charge in [0.25, 0.3) is 0 Å². The van der Waals surface area contributed by atoms with Crippen LogP contribution >= 0.6 is 0 Å². The molecule has 1 aromatic rings. The lowest BCUT2D eigenvalue weighted by molar-refractivity contribution is -0.223. The highest BCUT2D eigenvalue weighted by atomic mass is 19.4. The molecule has 1 aliphatic rings. The van der Waals surface area contributed by atoms with Crippen LogP contribution in [0.15, 0.2) is 18.2 Å². The maximum atomic E-state index is 13.1. The molecule has 0 bridgehead atoms. The quantitative estimate of drug-likeness (QED) is 0.832. The van der Waals surface area contributed by atoms with Crippen LogP contribution in [0, 0.1) is 18.7 Å². The highest BCUT2D eigenvalue weighted by Gasteiger charge is 2.44. The van der Waals surface area contributed by atoms with E-state index in [1.807, 2.05) is 4.90 Å². The molecule has 0 radical (unpaired) electrons. The number of benzene rings is 1. The lowest BCUT2D eigenvalue weighted by Gasteiger charge is -2.35. The summed E-state index contributed by atoms with van der Waals surface area (Å²) < 4.78 is 50.6. The topological polar surface area (TPSA) is 43.7 Å². The van der Waals surface area contributed by atoms with Crippen molar-refractivity contribution < 1.29 is 27.8 Å². The summed E-state index contributed by atoms with van der Waals surface area (Å²) in [5.74, 6) is -1.17. The molecule has 1 aromatic carbocycles. The van der Waals surface area contributed by atoms with Crippen molar-refractivity contribution in [1.29, 1.82) is 0 Å². The first-order chi connectivity index (χ1) is 10.7. The highest BCUT2D eigenvalue weighted by molar-refractivity contribution is 5.28. The monoisotopic (exact) mass is 335 g/mol. The van der Waals surface area contributed by atoms with Crippen molar-refractivity contribution in [3.05, 3.63) is 35.1 Å². The molecule has 2 atom stereocenters. The Balaban J connectivity index is 1.89. The van der Waals surface area contributed by atoms with Gasteiger partial charge in [-0.3, -0.25) is 0 Å². The van der Waals surface area contributed by atoms with Crippen LogP contribution in [0.2, 0.25) is 0 Å². The molecule has 1 heterocycles. The van der Waals surface area contributed by atoms with Gasteiger partial charge in [0.1, 0.15) is 5.82 Å². The number of β-amino-alcohol motifs (C(OH)–C–C–N with tert-alkyl or cyclic N) is 1. The Morgan fingerprint density at radius 3 is 2.35 bits per heavy atom. The Labute approximate surface area is 132 Å². The molecule has 130 valence electrons. The standard InChI is InChI=1S/C16H21F4NO2/c1-10-8-12(17)2-3-13(10)14(22)9-21-6-4-11(5-7-21)15(23)16(18,19)20/h2-3,8,11,14-15,22-23H,4-7,9H2,1H3. The first-order valence-corrected chi connectivity index (χ1v) is 7.59. The lowest BCUT2D eigenvalue weighted by Crippen LogP contribution is -2.44. The van der Waals surface area contributed by atoms with E-state index in [0.29, 0.717) is 24.2 Å². The second-order valence-electron chi connectivity index (χ2n) is 6.14. The highest BCUT2D eigenvalue weighted by Crippen LogP contribution is 2.32. The molecule has 0 saturated carbocycles. The van der Waals surface area contributed by atoms with Crippen LogP contribution in [0.4, 0.5) is 17.6 Å². The van der Waals surface area contributed by atoms with Crippen LogP contribution in [0.3, 0.4) is 0 Å². The number of nitrogens with zero attached hydrogens (tertiary/aromatic N) is 1. The van der Waals surface area contributed by atoms with Crippen molar-refractivity contribution in [2.24, 2.45) is 5.92 Å². The molecule has 7 heteroatoms. The molecule has 2 unspecified atom stereocenters. The average molecular weight is 335 g/mol. The summed E-state index contributed by atoms with van der Waals surface area (Å²) in [6, 6.07) is 4.14. The Bertz CT molecular complexity index is 527. The van der Waals surface area contributed by atoms with E-state index in [2.05, 4.69) is 0 Å². The molecular weight excluding hydrogens is 314 g/mol. The van der Waals surface area contributed by atoms with Crippen molar-refractivity contribution in [1.82, 2.24) is 4.90 Å². The Hall–Kier alpha value is -1.18. The molecule has 1 aliphatic heterocycles. The number of aryl methyl sites for hydroxylation is 1. The van der Waals surface area contributed by atoms with E-state index in [4.69, 9.17) is 0 Å². The average Bonchev–Trinajstić information content (AvgIpc) is 2.46. The van der Waals surface area contributed by atoms with Gasteiger partial charge in [0.05, 0.1) is 6.10 Å². The van der Waals surface area contributed by atoms with Gasteiger partial charge >= 0.3 is 6.18 Å². The fourth-order valence-electron chi connectivity index (χ4n) is 3.07. The van der Waals surface area contributed by atoms with Crippen molar-refractivity contribution in [2.45, 2.75) is 38.1 Å². The van der Waals surface area contributed by atoms with Crippen LogP contribution in [-0.2, 0) is 0 Å². The first kappa shape index (κ1) is 18.2. The normalized spacial score (nSPS) is 20.5. The molecule has 0 amide bonds. The fraction of sp³-hybridized carbons (Fsp3) is 0.625. The minimum Gasteiger partial charge on any atom is -0.387 e. The third kappa shape index (κ3) is 4.65. The molecular formula is C16H21F4NO2. The molecule has 3 nitrogen and oxygen atoms in total. The molecule has 23 heavy (non-hydrogen) atoms. The second-order valence-corrected chi connectivity index (χ2v) is 6.14. The van der Waals surface area contributed by atoms with Gasteiger partial charge in [-0.25, -0.2) is 4.39 Å². The molecule has 1 fully saturated rings. The zero-order valence-corrected chi connectivity index (χ0v) is 12.9. The van der Waals surface area contributed by atoms with E-state index < -0.39 is 24.3 Å². The minimum atomic E-state index is -4.59. The van der Waals surface area contributed by atoms with Crippen LogP contribution < -0.4 is 0 Å². The van der Waals surface area contributed by atoms with E-state index in [0.717, 1.165) is 0 Å². The van der Waals surface area contributed by atoms with Crippen LogP contribution in [0.25, 0.3) is 0 Å². The third-order valence-corrected chi connectivity index (χ3v) is 4.44. The largest absolute Gasteiger partial charge is 0.414 e. The molecule has 0 aromatic heterocycles. The van der Waals surface area contributed by atoms with Gasteiger partial charge in [0.15, 0.2) is 6.10 Å². The summed E-state index contributed by atoms with van der Waals surface area (Å²) in [5, 5.41) is 19.5. The van der Waals surface area contributed by atoms with E-state index in [-0.39, 0.29) is 25.2 Å². The molecule has 2 rings (SSSR count). The van der Waals surface area contributed by atoms with Gasteiger partial charge in [-0.15, -0.1) is 0 Å². The summed E-state index contributed by atoms with van der Waals surface area (Å²) in [4.78, 5) is 1.87. The Morgan fingerprint density at radius 1 is 1.22 bits per heavy atom. The van der Waals surface area contributed by atoms with Gasteiger partial charge in [-0.1, -0.05) is 6.07 Å². The Morgan fingerprint density at radius 2 is 1.83 bits per heavy atom. The molecule has 2 N–H and O–H groups in total. The number of aliphatic hydroxyl groups is 2. The maximum Gasteiger partial charge on any atom is 0.414 e. The number of likely N-dealkylation sites (tertiary alicyclic amines) is 1. The molecule has 0 aliphatic carbocycles. The number of rotatable bonds is 4. The van der Waals surface area contributed by atoms with E-state index in [1.165, 1.54) is 18.2 Å². The third-order valence-electron chi connectivity index (χ3n) is 4.44. The molecule has 0 spiro atoms. The van der Waals surface area contributed by atoms with Crippen LogP contribution in [0.1, 0.15) is 30.1 Å². The number of piperidine rings is 1. The zero-order valence-electron chi connectivity index (χ0n) is 12.9. The smallest absolute Gasteiger partial charge is 0.387 e. The predicted octanol–water partition coefficient (Wildman–Crippen LogP) is 2.80. The first-order valence-electron chi connectivity index (χ1n) is 7.59. The summed E-state index contributed by atoms with van der Waals surface area (Å²) in [6.45, 7) is 2.75. The minimum absolute atomic E-state index is 0.232. The van der Waals surface area contributed by atoms with Gasteiger partial charge in [0, 0.05) is 6.54 Å². The van der Waals surface area contributed by atoms with Crippen molar-refractivity contribution in [3.63, 3.8) is 0 Å². The zero-order chi connectivity index (χ0) is 17.2. The van der Waals surface area contributed by atoms with Crippen molar-refractivity contribution in [2.75, 3.05) is 19.6 Å². The SMILES string of the molecule is Cc1cc(F)ccc1C(O)CN1CCC(C(O)C(F)(F)F)CC1. The summed E-state index contributed by atoms with van der Waals surface area (Å²) in [7, 11) is 0. The van der Waals surface area contributed by atoms with Gasteiger partial charge in [-0.2, -0.15) is 13.2 Å². The van der Waals surface area contributed by atoms with Gasteiger partial charge < -0.3 is 15.1 Å². The van der Waals surface area contributed by atoms with E-state index >= 15 is 0 Å². The van der Waals surface area contributed by atoms with Gasteiger partial charge in [0.2, 0.25) is 0 Å². The number of alkyl halides is 3. The fourth-order valence-corrected chi connectivity index (χ4v) is 3.07. The number of halogens is 4. The Kier molecular flexibility index (Phi) is 5.65. The number of aliphatic hydroxyl groups excluding tert-OH is 2. The second kappa shape index (κ2) is 7.15. The lowest BCUT2D eigenvalue weighted by atomic mass is 9.90. The van der Waals surface area contributed by atoms with Crippen LogP contribution in [-0.4, -0.2) is 47.0 Å². The molecule has 1 saturated heterocycles. The van der Waals surface area contributed by atoms with Crippen LogP contribution in [0.5, 0.6) is 0 Å². The van der Waals surface area contributed by atoms with E-state index in [1.54, 1.807) is 6.92 Å². The number of hydrogen-bond donors (Lipinski definition) is 2. The predicted molar refractivity (Wildman–Crippen MR) is 77.3 cm³/mol. The van der Waals surface area contributed by atoms with E-state index in [9.17, 15) is 27.8 Å².